The van der Waals surface area contributed by atoms with E-state index in [2.05, 4.69) is 48.5 Å². The van der Waals surface area contributed by atoms with Gasteiger partial charge in [-0.25, -0.2) is 9.13 Å². The van der Waals surface area contributed by atoms with Crippen LogP contribution in [0.15, 0.2) is 0 Å². The molecule has 0 aliphatic rings. The molecule has 0 spiro atoms. The molecule has 3 N–H and O–H groups in total. The molecule has 558 valence electrons. The number of phosphoric acid groups is 2. The third kappa shape index (κ3) is 67.3. The average molecular weight is 1380 g/mol. The number of unbranched alkanes of at least 4 members (excludes halogenated alkanes) is 40. The first-order chi connectivity index (χ1) is 45.3. The summed E-state index contributed by atoms with van der Waals surface area (Å²) in [7, 11) is -9.90. The molecule has 0 radical (unpaired) electrons. The maximum absolute atomic E-state index is 13.1. The highest BCUT2D eigenvalue weighted by molar-refractivity contribution is 7.47. The van der Waals surface area contributed by atoms with Crippen LogP contribution < -0.4 is 0 Å². The van der Waals surface area contributed by atoms with Crippen LogP contribution in [0, 0.1) is 17.8 Å². The monoisotopic (exact) mass is 1380 g/mol. The van der Waals surface area contributed by atoms with Gasteiger partial charge in [-0.05, 0) is 43.4 Å². The smallest absolute Gasteiger partial charge is 0.462 e. The molecule has 0 heterocycles. The summed E-state index contributed by atoms with van der Waals surface area (Å²) in [5, 5.41) is 10.6. The van der Waals surface area contributed by atoms with Gasteiger partial charge in [0, 0.05) is 25.7 Å². The molecule has 0 aromatic heterocycles. The second kappa shape index (κ2) is 65.7. The van der Waals surface area contributed by atoms with E-state index in [0.29, 0.717) is 31.6 Å². The van der Waals surface area contributed by atoms with E-state index in [4.69, 9.17) is 37.0 Å². The SMILES string of the molecule is CCCCCCCCCCC(=O)OC[C@H](COP(=O)(O)OC[C@H](O)COP(=O)(O)OC[C@@H](COC(=O)CCCCCCCCCCCCCCCCC(C)CC)OC(=O)CCCCCCCCCCCCCCCCCCC(C)C)OC(=O)CCCCCCCCC(C)C. The quantitative estimate of drug-likeness (QED) is 0.0222. The van der Waals surface area contributed by atoms with E-state index in [1.807, 2.05) is 0 Å². The first-order valence-corrected chi connectivity index (χ1v) is 41.9. The van der Waals surface area contributed by atoms with E-state index in [-0.39, 0.29) is 25.7 Å². The molecule has 0 rings (SSSR count). The van der Waals surface area contributed by atoms with E-state index in [9.17, 15) is 43.2 Å². The molecular formula is C75H146O17P2. The lowest BCUT2D eigenvalue weighted by atomic mass is 9.99. The highest BCUT2D eigenvalue weighted by atomic mass is 31.2. The van der Waals surface area contributed by atoms with Crippen molar-refractivity contribution in [2.24, 2.45) is 17.8 Å². The predicted molar refractivity (Wildman–Crippen MR) is 381 cm³/mol. The van der Waals surface area contributed by atoms with Crippen LogP contribution in [0.5, 0.6) is 0 Å². The van der Waals surface area contributed by atoms with Crippen LogP contribution in [-0.4, -0.2) is 96.7 Å². The van der Waals surface area contributed by atoms with Crippen molar-refractivity contribution in [3.05, 3.63) is 0 Å². The third-order valence-corrected chi connectivity index (χ3v) is 19.6. The summed E-state index contributed by atoms with van der Waals surface area (Å²) in [5.74, 6) is 0.202. The molecule has 0 aliphatic heterocycles. The van der Waals surface area contributed by atoms with E-state index in [1.54, 1.807) is 0 Å². The Bertz CT molecular complexity index is 1840. The topological polar surface area (TPSA) is 237 Å². The molecule has 0 saturated carbocycles. The molecular weight excluding hydrogens is 1230 g/mol. The van der Waals surface area contributed by atoms with Gasteiger partial charge in [0.15, 0.2) is 12.2 Å². The molecule has 0 amide bonds. The first-order valence-electron chi connectivity index (χ1n) is 38.9. The van der Waals surface area contributed by atoms with Crippen molar-refractivity contribution in [1.29, 1.82) is 0 Å². The number of aliphatic hydroxyl groups is 1. The number of aliphatic hydroxyl groups excluding tert-OH is 1. The van der Waals surface area contributed by atoms with Crippen molar-refractivity contribution in [2.75, 3.05) is 39.6 Å². The maximum atomic E-state index is 13.1. The van der Waals surface area contributed by atoms with Crippen LogP contribution in [0.4, 0.5) is 0 Å². The van der Waals surface area contributed by atoms with E-state index in [1.165, 1.54) is 186 Å². The number of carbonyl (C=O) groups is 4. The van der Waals surface area contributed by atoms with Gasteiger partial charge in [-0.2, -0.15) is 0 Å². The molecule has 94 heavy (non-hydrogen) atoms. The molecule has 0 fully saturated rings. The van der Waals surface area contributed by atoms with Gasteiger partial charge in [-0.15, -0.1) is 0 Å². The predicted octanol–water partition coefficient (Wildman–Crippen LogP) is 21.8. The fourth-order valence-electron chi connectivity index (χ4n) is 11.4. The number of ether oxygens (including phenoxy) is 4. The number of hydrogen-bond donors (Lipinski definition) is 3. The Morgan fingerprint density at radius 1 is 0.309 bits per heavy atom. The molecule has 0 aromatic rings. The summed E-state index contributed by atoms with van der Waals surface area (Å²) in [6.07, 6.45) is 51.6. The Hall–Kier alpha value is -1.94. The molecule has 6 atom stereocenters. The minimum atomic E-state index is -4.96. The van der Waals surface area contributed by atoms with Crippen molar-refractivity contribution in [2.45, 2.75) is 401 Å². The van der Waals surface area contributed by atoms with Gasteiger partial charge in [0.2, 0.25) is 0 Å². The van der Waals surface area contributed by atoms with Crippen molar-refractivity contribution < 1.29 is 80.2 Å². The lowest BCUT2D eigenvalue weighted by molar-refractivity contribution is -0.161. The number of carbonyl (C=O) groups excluding carboxylic acids is 4. The average Bonchev–Trinajstić information content (AvgIpc) is 1.35. The zero-order valence-corrected chi connectivity index (χ0v) is 63.2. The lowest BCUT2D eigenvalue weighted by Gasteiger charge is -2.21. The molecule has 0 bridgehead atoms. The van der Waals surface area contributed by atoms with E-state index in [0.717, 1.165) is 108 Å². The summed E-state index contributed by atoms with van der Waals surface area (Å²) in [6, 6.07) is 0. The van der Waals surface area contributed by atoms with Gasteiger partial charge in [0.1, 0.15) is 19.3 Å². The van der Waals surface area contributed by atoms with Crippen LogP contribution in [0.2, 0.25) is 0 Å². The van der Waals surface area contributed by atoms with Crippen molar-refractivity contribution >= 4 is 39.5 Å². The minimum Gasteiger partial charge on any atom is -0.462 e. The van der Waals surface area contributed by atoms with Gasteiger partial charge in [-0.3, -0.25) is 37.3 Å². The fourth-order valence-corrected chi connectivity index (χ4v) is 13.0. The second-order valence-electron chi connectivity index (χ2n) is 28.2. The van der Waals surface area contributed by atoms with Crippen LogP contribution in [0.25, 0.3) is 0 Å². The van der Waals surface area contributed by atoms with E-state index >= 15 is 0 Å². The van der Waals surface area contributed by atoms with Crippen molar-refractivity contribution in [3.8, 4) is 0 Å². The van der Waals surface area contributed by atoms with Gasteiger partial charge < -0.3 is 33.8 Å². The lowest BCUT2D eigenvalue weighted by Crippen LogP contribution is -2.30. The zero-order valence-electron chi connectivity index (χ0n) is 61.4. The number of hydrogen-bond acceptors (Lipinski definition) is 15. The Kier molecular flexibility index (Phi) is 64.3. The molecule has 0 aromatic carbocycles. The molecule has 17 nitrogen and oxygen atoms in total. The van der Waals surface area contributed by atoms with Crippen LogP contribution in [0.3, 0.4) is 0 Å². The molecule has 19 heteroatoms. The maximum Gasteiger partial charge on any atom is 0.472 e. The number of phosphoric ester groups is 2. The molecule has 0 saturated heterocycles. The standard InChI is InChI=1S/C75H146O17P2/c1-8-10-11-12-13-34-42-49-56-72(77)85-63-71(92-75(80)59-52-45-38-37-40-47-54-67(5)6)65-90-94(83,84)88-61-69(76)60-87-93(81,82)89-64-70(62-86-73(78)57-50-43-35-30-26-22-19-18-21-25-29-33-41-48-55-68(7)9-2)91-74(79)58-51-44-36-31-27-23-17-15-14-16-20-24-28-32-39-46-53-66(3)4/h66-71,76H,8-65H2,1-7H3,(H,81,82)(H,83,84)/t68?,69-,70-,71-/m1/s1. The van der Waals surface area contributed by atoms with E-state index < -0.39 is 97.5 Å². The van der Waals surface area contributed by atoms with Gasteiger partial charge >= 0.3 is 39.5 Å². The van der Waals surface area contributed by atoms with Crippen LogP contribution in [0.1, 0.15) is 382 Å². The minimum absolute atomic E-state index is 0.102. The summed E-state index contributed by atoms with van der Waals surface area (Å²) in [6.45, 7) is 11.9. The van der Waals surface area contributed by atoms with Crippen LogP contribution in [-0.2, 0) is 65.4 Å². The Morgan fingerprint density at radius 2 is 0.543 bits per heavy atom. The third-order valence-electron chi connectivity index (χ3n) is 17.7. The largest absolute Gasteiger partial charge is 0.472 e. The van der Waals surface area contributed by atoms with Gasteiger partial charge in [0.05, 0.1) is 26.4 Å². The normalized spacial score (nSPS) is 14.4. The zero-order chi connectivity index (χ0) is 69.4. The second-order valence-corrected chi connectivity index (χ2v) is 31.1. The van der Waals surface area contributed by atoms with Gasteiger partial charge in [0.25, 0.3) is 0 Å². The molecule has 0 aliphatic carbocycles. The Labute approximate surface area is 575 Å². The fraction of sp³-hybridized carbons (Fsp3) is 0.947. The first kappa shape index (κ1) is 92.1. The summed E-state index contributed by atoms with van der Waals surface area (Å²) in [4.78, 5) is 72.6. The Balaban J connectivity index is 5.18. The van der Waals surface area contributed by atoms with Gasteiger partial charge in [-0.1, -0.05) is 331 Å². The van der Waals surface area contributed by atoms with Crippen molar-refractivity contribution in [1.82, 2.24) is 0 Å². The Morgan fingerprint density at radius 3 is 0.809 bits per heavy atom. The van der Waals surface area contributed by atoms with Crippen LogP contribution >= 0.6 is 15.6 Å². The number of rotatable bonds is 73. The summed E-state index contributed by atoms with van der Waals surface area (Å²) >= 11 is 0. The highest BCUT2D eigenvalue weighted by Crippen LogP contribution is 2.45. The summed E-state index contributed by atoms with van der Waals surface area (Å²) in [5.41, 5.74) is 0. The summed E-state index contributed by atoms with van der Waals surface area (Å²) < 4.78 is 68.3. The highest BCUT2D eigenvalue weighted by Gasteiger charge is 2.30. The number of esters is 4. The van der Waals surface area contributed by atoms with Crippen molar-refractivity contribution in [3.63, 3.8) is 0 Å². The molecule has 3 unspecified atom stereocenters.